The third-order valence-electron chi connectivity index (χ3n) is 4.11. The minimum atomic E-state index is 0.534. The van der Waals surface area contributed by atoms with Crippen LogP contribution in [0.1, 0.15) is 18.4 Å². The molecule has 2 fully saturated rings. The quantitative estimate of drug-likeness (QED) is 0.893. The Hall–Kier alpha value is -2.39. The molecule has 0 radical (unpaired) electrons. The summed E-state index contributed by atoms with van der Waals surface area (Å²) < 4.78 is 0. The van der Waals surface area contributed by atoms with Gasteiger partial charge in [0, 0.05) is 32.2 Å². The summed E-state index contributed by atoms with van der Waals surface area (Å²) in [5, 5.41) is 15.9. The topological polar surface area (TPSA) is 76.9 Å². The highest BCUT2D eigenvalue weighted by Crippen LogP contribution is 2.31. The van der Waals surface area contributed by atoms with Crippen LogP contribution < -0.4 is 15.5 Å². The summed E-state index contributed by atoms with van der Waals surface area (Å²) in [6.45, 7) is 3.77. The first kappa shape index (κ1) is 13.3. The van der Waals surface area contributed by atoms with Gasteiger partial charge in [0.15, 0.2) is 11.6 Å². The minimum Gasteiger partial charge on any atom is -0.364 e. The fraction of sp³-hybridized carbons (Fsp3) is 0.438. The van der Waals surface area contributed by atoms with Crippen LogP contribution in [0.15, 0.2) is 18.2 Å². The van der Waals surface area contributed by atoms with Crippen molar-refractivity contribution in [3.05, 3.63) is 23.8 Å². The maximum absolute atomic E-state index is 9.07. The van der Waals surface area contributed by atoms with E-state index in [-0.39, 0.29) is 0 Å². The monoisotopic (exact) mass is 294 g/mol. The van der Waals surface area contributed by atoms with Crippen molar-refractivity contribution in [1.29, 1.82) is 5.26 Å². The lowest BCUT2D eigenvalue weighted by atomic mass is 10.2. The van der Waals surface area contributed by atoms with E-state index in [1.807, 2.05) is 12.1 Å². The molecule has 2 aromatic rings. The number of nitriles is 1. The highest BCUT2D eigenvalue weighted by Gasteiger charge is 2.25. The fourth-order valence-corrected chi connectivity index (χ4v) is 2.73. The van der Waals surface area contributed by atoms with Gasteiger partial charge < -0.3 is 15.5 Å². The SMILES string of the molecule is N#Cc1ccc2nc(NC3CC3)c(N3CCNCC3)nc2c1. The number of hydrogen-bond donors (Lipinski definition) is 2. The summed E-state index contributed by atoms with van der Waals surface area (Å²) in [6.07, 6.45) is 2.40. The molecular weight excluding hydrogens is 276 g/mol. The lowest BCUT2D eigenvalue weighted by molar-refractivity contribution is 0.585. The van der Waals surface area contributed by atoms with E-state index in [4.69, 9.17) is 15.2 Å². The number of fused-ring (bicyclic) bond motifs is 1. The van der Waals surface area contributed by atoms with Gasteiger partial charge in [0.05, 0.1) is 22.7 Å². The van der Waals surface area contributed by atoms with Gasteiger partial charge in [-0.05, 0) is 31.0 Å². The highest BCUT2D eigenvalue weighted by molar-refractivity contribution is 5.82. The molecule has 0 spiro atoms. The van der Waals surface area contributed by atoms with Gasteiger partial charge in [0.2, 0.25) is 0 Å². The van der Waals surface area contributed by atoms with Crippen LogP contribution in [0.2, 0.25) is 0 Å². The molecule has 0 amide bonds. The van der Waals surface area contributed by atoms with E-state index in [0.717, 1.165) is 48.8 Å². The number of benzene rings is 1. The molecule has 0 bridgehead atoms. The first-order valence-corrected chi connectivity index (χ1v) is 7.77. The molecule has 4 rings (SSSR count). The predicted octanol–water partition coefficient (Wildman–Crippen LogP) is 1.49. The van der Waals surface area contributed by atoms with Gasteiger partial charge in [-0.15, -0.1) is 0 Å². The van der Waals surface area contributed by atoms with Gasteiger partial charge in [-0.1, -0.05) is 0 Å². The largest absolute Gasteiger partial charge is 0.364 e. The molecule has 6 heteroatoms. The second kappa shape index (κ2) is 5.43. The Balaban J connectivity index is 1.80. The van der Waals surface area contributed by atoms with Crippen LogP contribution in [0.4, 0.5) is 11.6 Å². The van der Waals surface area contributed by atoms with Crippen molar-refractivity contribution in [2.75, 3.05) is 36.4 Å². The van der Waals surface area contributed by atoms with Crippen molar-refractivity contribution in [1.82, 2.24) is 15.3 Å². The third kappa shape index (κ3) is 2.55. The number of nitrogens with one attached hydrogen (secondary N) is 2. The number of piperazine rings is 1. The molecule has 112 valence electrons. The molecule has 1 aliphatic carbocycles. The zero-order valence-electron chi connectivity index (χ0n) is 12.3. The lowest BCUT2D eigenvalue weighted by Crippen LogP contribution is -2.44. The molecular formula is C16H18N6. The Morgan fingerprint density at radius 2 is 2.00 bits per heavy atom. The standard InChI is InChI=1S/C16H18N6/c17-10-11-1-4-13-14(9-11)21-16(22-7-5-18-6-8-22)15(20-13)19-12-2-3-12/h1,4,9,12,18H,2-3,5-8H2,(H,19,20). The van der Waals surface area contributed by atoms with E-state index in [0.29, 0.717) is 11.6 Å². The normalized spacial score (nSPS) is 18.2. The van der Waals surface area contributed by atoms with Crippen LogP contribution in [0.25, 0.3) is 11.0 Å². The van der Waals surface area contributed by atoms with Gasteiger partial charge in [0.25, 0.3) is 0 Å². The molecule has 6 nitrogen and oxygen atoms in total. The Bertz CT molecular complexity index is 740. The molecule has 1 saturated heterocycles. The molecule has 1 saturated carbocycles. The van der Waals surface area contributed by atoms with Crippen molar-refractivity contribution in [3.8, 4) is 6.07 Å². The van der Waals surface area contributed by atoms with Crippen LogP contribution in [0.5, 0.6) is 0 Å². The Morgan fingerprint density at radius 3 is 2.73 bits per heavy atom. The van der Waals surface area contributed by atoms with Crippen LogP contribution >= 0.6 is 0 Å². The van der Waals surface area contributed by atoms with E-state index in [2.05, 4.69) is 21.6 Å². The fourth-order valence-electron chi connectivity index (χ4n) is 2.73. The van der Waals surface area contributed by atoms with Crippen molar-refractivity contribution < 1.29 is 0 Å². The smallest absolute Gasteiger partial charge is 0.172 e. The van der Waals surface area contributed by atoms with Crippen LogP contribution in [-0.2, 0) is 0 Å². The van der Waals surface area contributed by atoms with E-state index in [1.165, 1.54) is 12.8 Å². The zero-order chi connectivity index (χ0) is 14.9. The molecule has 0 unspecified atom stereocenters. The van der Waals surface area contributed by atoms with Gasteiger partial charge in [-0.2, -0.15) is 5.26 Å². The molecule has 2 heterocycles. The average molecular weight is 294 g/mol. The average Bonchev–Trinajstić information content (AvgIpc) is 3.38. The Morgan fingerprint density at radius 1 is 1.18 bits per heavy atom. The summed E-state index contributed by atoms with van der Waals surface area (Å²) >= 11 is 0. The summed E-state index contributed by atoms with van der Waals surface area (Å²) in [7, 11) is 0. The van der Waals surface area contributed by atoms with E-state index < -0.39 is 0 Å². The lowest BCUT2D eigenvalue weighted by Gasteiger charge is -2.29. The maximum atomic E-state index is 9.07. The van der Waals surface area contributed by atoms with E-state index >= 15 is 0 Å². The minimum absolute atomic E-state index is 0.534. The number of anilines is 2. The van der Waals surface area contributed by atoms with E-state index in [1.54, 1.807) is 6.07 Å². The second-order valence-corrected chi connectivity index (χ2v) is 5.87. The summed E-state index contributed by atoms with van der Waals surface area (Å²) in [5.41, 5.74) is 2.24. The number of hydrogen-bond acceptors (Lipinski definition) is 6. The summed E-state index contributed by atoms with van der Waals surface area (Å²) in [6, 6.07) is 8.19. The van der Waals surface area contributed by atoms with Crippen LogP contribution in [0.3, 0.4) is 0 Å². The third-order valence-corrected chi connectivity index (χ3v) is 4.11. The van der Waals surface area contributed by atoms with Crippen molar-refractivity contribution in [2.45, 2.75) is 18.9 Å². The van der Waals surface area contributed by atoms with Gasteiger partial charge in [-0.3, -0.25) is 0 Å². The summed E-state index contributed by atoms with van der Waals surface area (Å²) in [5.74, 6) is 1.79. The molecule has 1 aromatic heterocycles. The van der Waals surface area contributed by atoms with Crippen molar-refractivity contribution in [2.24, 2.45) is 0 Å². The molecule has 2 N–H and O–H groups in total. The highest BCUT2D eigenvalue weighted by atomic mass is 15.3. The van der Waals surface area contributed by atoms with Crippen molar-refractivity contribution in [3.63, 3.8) is 0 Å². The number of aromatic nitrogens is 2. The molecule has 22 heavy (non-hydrogen) atoms. The van der Waals surface area contributed by atoms with Crippen LogP contribution in [-0.4, -0.2) is 42.2 Å². The summed E-state index contributed by atoms with van der Waals surface area (Å²) in [4.78, 5) is 11.8. The number of rotatable bonds is 3. The Kier molecular flexibility index (Phi) is 3.28. The molecule has 1 aliphatic heterocycles. The van der Waals surface area contributed by atoms with Gasteiger partial charge in [0.1, 0.15) is 0 Å². The zero-order valence-corrected chi connectivity index (χ0v) is 12.3. The van der Waals surface area contributed by atoms with Gasteiger partial charge in [-0.25, -0.2) is 9.97 Å². The molecule has 0 atom stereocenters. The first-order valence-electron chi connectivity index (χ1n) is 7.77. The van der Waals surface area contributed by atoms with Crippen LogP contribution in [0, 0.1) is 11.3 Å². The van der Waals surface area contributed by atoms with Gasteiger partial charge >= 0.3 is 0 Å². The number of nitrogens with zero attached hydrogens (tertiary/aromatic N) is 4. The first-order chi connectivity index (χ1) is 10.8. The van der Waals surface area contributed by atoms with E-state index in [9.17, 15) is 0 Å². The predicted molar refractivity (Wildman–Crippen MR) is 86.0 cm³/mol. The maximum Gasteiger partial charge on any atom is 0.172 e. The molecule has 1 aromatic carbocycles. The second-order valence-electron chi connectivity index (χ2n) is 5.87. The van der Waals surface area contributed by atoms with Crippen molar-refractivity contribution >= 4 is 22.7 Å². The Labute approximate surface area is 129 Å². The molecule has 2 aliphatic rings.